The summed E-state index contributed by atoms with van der Waals surface area (Å²) in [5.41, 5.74) is 1.36. The fraction of sp³-hybridized carbons (Fsp3) is 0.231. The van der Waals surface area contributed by atoms with Gasteiger partial charge in [0.2, 0.25) is 0 Å². The molecule has 19 heavy (non-hydrogen) atoms. The van der Waals surface area contributed by atoms with Crippen molar-refractivity contribution >= 4 is 23.6 Å². The van der Waals surface area contributed by atoms with Crippen LogP contribution in [0.2, 0.25) is 0 Å². The Kier molecular flexibility index (Phi) is 4.24. The van der Waals surface area contributed by atoms with Crippen LogP contribution in [0.3, 0.4) is 0 Å². The highest BCUT2D eigenvalue weighted by atomic mass is 32.2. The summed E-state index contributed by atoms with van der Waals surface area (Å²) in [5.74, 6) is -0.857. The summed E-state index contributed by atoms with van der Waals surface area (Å²) < 4.78 is 0. The largest absolute Gasteiger partial charge is 0.395 e. The quantitative estimate of drug-likeness (QED) is 0.685. The molecule has 6 heteroatoms. The summed E-state index contributed by atoms with van der Waals surface area (Å²) in [6.45, 7) is 2.11. The van der Waals surface area contributed by atoms with Crippen LogP contribution in [0, 0.1) is 6.92 Å². The van der Waals surface area contributed by atoms with Crippen LogP contribution in [0.4, 0.5) is 0 Å². The number of amides is 2. The normalized spacial score (nSPS) is 14.8. The third-order valence-electron chi connectivity index (χ3n) is 2.54. The lowest BCUT2D eigenvalue weighted by Gasteiger charge is -2.05. The second-order valence-corrected chi connectivity index (χ2v) is 5.14. The minimum absolute atomic E-state index is 0.104. The first-order valence-electron chi connectivity index (χ1n) is 5.81. The average molecular weight is 278 g/mol. The molecule has 1 aromatic carbocycles. The Morgan fingerprint density at radius 3 is 2.53 bits per heavy atom. The molecule has 2 amide bonds. The van der Waals surface area contributed by atoms with E-state index < -0.39 is 11.8 Å². The summed E-state index contributed by atoms with van der Waals surface area (Å²) in [6, 6.07) is 7.68. The Bertz CT molecular complexity index is 537. The van der Waals surface area contributed by atoms with E-state index in [0.29, 0.717) is 4.91 Å². The summed E-state index contributed by atoms with van der Waals surface area (Å²) in [6.07, 6.45) is 0. The Hall–Kier alpha value is -1.79. The topological polar surface area (TPSA) is 78.4 Å². The van der Waals surface area contributed by atoms with Crippen molar-refractivity contribution in [3.05, 3.63) is 40.4 Å². The lowest BCUT2D eigenvalue weighted by molar-refractivity contribution is -0.124. The van der Waals surface area contributed by atoms with Gasteiger partial charge in [0.25, 0.3) is 11.8 Å². The molecule has 1 aliphatic heterocycles. The zero-order chi connectivity index (χ0) is 13.8. The number of aliphatic hydroxyl groups is 1. The average Bonchev–Trinajstić information content (AvgIpc) is 2.65. The second-order valence-electron chi connectivity index (χ2n) is 4.05. The SMILES string of the molecule is Cc1ccc(SC2=C(NCCO)C(=O)NC2=O)cc1. The molecule has 100 valence electrons. The van der Waals surface area contributed by atoms with Crippen LogP contribution < -0.4 is 10.6 Å². The molecule has 1 aliphatic rings. The zero-order valence-electron chi connectivity index (χ0n) is 10.4. The van der Waals surface area contributed by atoms with E-state index in [-0.39, 0.29) is 18.8 Å². The van der Waals surface area contributed by atoms with E-state index in [0.717, 1.165) is 10.5 Å². The molecule has 0 atom stereocenters. The van der Waals surface area contributed by atoms with Gasteiger partial charge in [-0.1, -0.05) is 29.5 Å². The predicted molar refractivity (Wildman–Crippen MR) is 72.3 cm³/mol. The molecule has 1 heterocycles. The van der Waals surface area contributed by atoms with Gasteiger partial charge in [-0.05, 0) is 19.1 Å². The molecular formula is C13H14N2O3S. The molecule has 3 N–H and O–H groups in total. The lowest BCUT2D eigenvalue weighted by atomic mass is 10.2. The van der Waals surface area contributed by atoms with Crippen molar-refractivity contribution in [1.82, 2.24) is 10.6 Å². The minimum Gasteiger partial charge on any atom is -0.395 e. The van der Waals surface area contributed by atoms with Crippen molar-refractivity contribution in [2.45, 2.75) is 11.8 Å². The molecule has 0 aromatic heterocycles. The number of carbonyl (C=O) groups is 2. The van der Waals surface area contributed by atoms with Crippen LogP contribution >= 0.6 is 11.8 Å². The molecule has 2 rings (SSSR count). The van der Waals surface area contributed by atoms with Gasteiger partial charge in [0.15, 0.2) is 0 Å². The van der Waals surface area contributed by atoms with Gasteiger partial charge in [0, 0.05) is 11.4 Å². The van der Waals surface area contributed by atoms with Crippen molar-refractivity contribution in [1.29, 1.82) is 0 Å². The van der Waals surface area contributed by atoms with E-state index in [2.05, 4.69) is 10.6 Å². The molecule has 0 saturated heterocycles. The van der Waals surface area contributed by atoms with E-state index in [1.54, 1.807) is 0 Å². The Balaban J connectivity index is 2.23. The van der Waals surface area contributed by atoms with E-state index in [4.69, 9.17) is 5.11 Å². The lowest BCUT2D eigenvalue weighted by Crippen LogP contribution is -2.28. The number of hydrogen-bond acceptors (Lipinski definition) is 5. The molecule has 0 fully saturated rings. The number of nitrogens with one attached hydrogen (secondary N) is 2. The number of benzene rings is 1. The van der Waals surface area contributed by atoms with Gasteiger partial charge >= 0.3 is 0 Å². The van der Waals surface area contributed by atoms with Crippen LogP contribution in [0.15, 0.2) is 39.8 Å². The molecule has 0 saturated carbocycles. The van der Waals surface area contributed by atoms with Crippen LogP contribution in [-0.4, -0.2) is 30.1 Å². The van der Waals surface area contributed by atoms with Crippen LogP contribution in [-0.2, 0) is 9.59 Å². The van der Waals surface area contributed by atoms with Gasteiger partial charge in [-0.2, -0.15) is 0 Å². The second kappa shape index (κ2) is 5.90. The van der Waals surface area contributed by atoms with Gasteiger partial charge in [-0.3, -0.25) is 14.9 Å². The maximum atomic E-state index is 11.7. The predicted octanol–water partition coefficient (Wildman–Crippen LogP) is 0.537. The fourth-order valence-electron chi connectivity index (χ4n) is 1.60. The number of imide groups is 1. The molecule has 5 nitrogen and oxygen atoms in total. The highest BCUT2D eigenvalue weighted by Gasteiger charge is 2.30. The van der Waals surface area contributed by atoms with Crippen molar-refractivity contribution in [3.63, 3.8) is 0 Å². The van der Waals surface area contributed by atoms with Crippen LogP contribution in [0.25, 0.3) is 0 Å². The van der Waals surface area contributed by atoms with Crippen LogP contribution in [0.5, 0.6) is 0 Å². The van der Waals surface area contributed by atoms with Gasteiger partial charge in [0.1, 0.15) is 10.6 Å². The summed E-state index contributed by atoms with van der Waals surface area (Å²) in [4.78, 5) is 24.5. The van der Waals surface area contributed by atoms with Gasteiger partial charge < -0.3 is 10.4 Å². The van der Waals surface area contributed by atoms with E-state index in [9.17, 15) is 9.59 Å². The molecule has 0 spiro atoms. The molecular weight excluding hydrogens is 264 g/mol. The van der Waals surface area contributed by atoms with Crippen molar-refractivity contribution in [3.8, 4) is 0 Å². The molecule has 0 radical (unpaired) electrons. The summed E-state index contributed by atoms with van der Waals surface area (Å²) >= 11 is 1.23. The smallest absolute Gasteiger partial charge is 0.275 e. The zero-order valence-corrected chi connectivity index (χ0v) is 11.2. The number of rotatable bonds is 5. The van der Waals surface area contributed by atoms with E-state index in [1.807, 2.05) is 31.2 Å². The summed E-state index contributed by atoms with van der Waals surface area (Å²) in [5, 5.41) is 13.8. The van der Waals surface area contributed by atoms with Crippen molar-refractivity contribution < 1.29 is 14.7 Å². The molecule has 1 aromatic rings. The standard InChI is InChI=1S/C13H14N2O3S/c1-8-2-4-9(5-3-8)19-11-10(14-6-7-16)12(17)15-13(11)18/h2-5,16H,6-7H2,1H3,(H2,14,15,17,18). The van der Waals surface area contributed by atoms with E-state index in [1.165, 1.54) is 11.8 Å². The molecule has 0 aliphatic carbocycles. The number of thioether (sulfide) groups is 1. The van der Waals surface area contributed by atoms with E-state index >= 15 is 0 Å². The number of aryl methyl sites for hydroxylation is 1. The Morgan fingerprint density at radius 1 is 1.21 bits per heavy atom. The van der Waals surface area contributed by atoms with Gasteiger partial charge in [0.05, 0.1) is 6.61 Å². The first-order valence-corrected chi connectivity index (χ1v) is 6.62. The Morgan fingerprint density at radius 2 is 1.89 bits per heavy atom. The molecule has 0 bridgehead atoms. The van der Waals surface area contributed by atoms with Crippen molar-refractivity contribution in [2.75, 3.05) is 13.2 Å². The first kappa shape index (κ1) is 13.6. The first-order chi connectivity index (χ1) is 9.11. The van der Waals surface area contributed by atoms with Gasteiger partial charge in [-0.15, -0.1) is 0 Å². The highest BCUT2D eigenvalue weighted by molar-refractivity contribution is 8.04. The number of hydrogen-bond donors (Lipinski definition) is 3. The summed E-state index contributed by atoms with van der Waals surface area (Å²) in [7, 11) is 0. The van der Waals surface area contributed by atoms with Crippen LogP contribution in [0.1, 0.15) is 5.56 Å². The van der Waals surface area contributed by atoms with Gasteiger partial charge in [-0.25, -0.2) is 0 Å². The monoisotopic (exact) mass is 278 g/mol. The molecule has 0 unspecified atom stereocenters. The number of aliphatic hydroxyl groups excluding tert-OH is 1. The maximum Gasteiger partial charge on any atom is 0.275 e. The maximum absolute atomic E-state index is 11.7. The van der Waals surface area contributed by atoms with Crippen molar-refractivity contribution in [2.24, 2.45) is 0 Å². The minimum atomic E-state index is -0.451. The third kappa shape index (κ3) is 3.15. The fourth-order valence-corrected chi connectivity index (χ4v) is 2.52. The Labute approximate surface area is 115 Å². The third-order valence-corrected chi connectivity index (χ3v) is 3.64. The number of carbonyl (C=O) groups excluding carboxylic acids is 2. The highest BCUT2D eigenvalue weighted by Crippen LogP contribution is 2.31.